The van der Waals surface area contributed by atoms with E-state index in [0.29, 0.717) is 37.8 Å². The summed E-state index contributed by atoms with van der Waals surface area (Å²) in [6.07, 6.45) is 2.00. The van der Waals surface area contributed by atoms with Gasteiger partial charge in [-0.3, -0.25) is 10.1 Å². The molecule has 0 saturated carbocycles. The second-order valence-corrected chi connectivity index (χ2v) is 8.44. The van der Waals surface area contributed by atoms with E-state index in [1.807, 2.05) is 0 Å². The first-order valence-electron chi connectivity index (χ1n) is 9.15. The second-order valence-electron chi connectivity index (χ2n) is 6.51. The molecule has 2 rings (SSSR count). The Labute approximate surface area is 168 Å². The summed E-state index contributed by atoms with van der Waals surface area (Å²) in [6, 6.07) is 5.53. The molecule has 158 valence electrons. The van der Waals surface area contributed by atoms with Crippen molar-refractivity contribution >= 4 is 22.0 Å². The van der Waals surface area contributed by atoms with E-state index in [1.54, 1.807) is 6.07 Å². The van der Waals surface area contributed by atoms with Crippen LogP contribution in [0.15, 0.2) is 18.2 Å². The zero-order valence-electron chi connectivity index (χ0n) is 15.8. The number of imide groups is 1. The Morgan fingerprint density at radius 1 is 1.28 bits per heavy atom. The third kappa shape index (κ3) is 7.67. The summed E-state index contributed by atoms with van der Waals surface area (Å²) in [5.74, 6) is -0.995. The van der Waals surface area contributed by atoms with E-state index in [9.17, 15) is 22.4 Å². The minimum atomic E-state index is -3.45. The molecule has 0 aliphatic carbocycles. The molecule has 1 aromatic carbocycles. The van der Waals surface area contributed by atoms with E-state index < -0.39 is 21.9 Å². The summed E-state index contributed by atoms with van der Waals surface area (Å²) in [4.78, 5) is 23.8. The van der Waals surface area contributed by atoms with Crippen molar-refractivity contribution in [3.8, 4) is 11.8 Å². The number of carbonyl (C=O) groups excluding carboxylic acids is 2. The minimum Gasteiger partial charge on any atom is -0.476 e. The van der Waals surface area contributed by atoms with Crippen molar-refractivity contribution in [1.29, 1.82) is 5.26 Å². The summed E-state index contributed by atoms with van der Waals surface area (Å²) in [7, 11) is -3.45. The van der Waals surface area contributed by atoms with Crippen LogP contribution in [0.4, 0.5) is 9.18 Å². The Hall–Kier alpha value is -2.71. The highest BCUT2D eigenvalue weighted by Gasteiger charge is 2.25. The number of amides is 3. The van der Waals surface area contributed by atoms with Crippen LogP contribution in [0.5, 0.6) is 5.75 Å². The molecule has 3 amide bonds. The summed E-state index contributed by atoms with van der Waals surface area (Å²) in [5, 5.41) is 10.7. The van der Waals surface area contributed by atoms with Crippen molar-refractivity contribution in [2.24, 2.45) is 0 Å². The van der Waals surface area contributed by atoms with Gasteiger partial charge in [0.25, 0.3) is 0 Å². The van der Waals surface area contributed by atoms with E-state index in [0.717, 1.165) is 0 Å². The molecule has 1 aliphatic heterocycles. The topological polar surface area (TPSA) is 129 Å². The number of halogens is 1. The predicted octanol–water partition coefficient (Wildman–Crippen LogP) is 0.912. The number of hydrogen-bond donors (Lipinski definition) is 2. The van der Waals surface area contributed by atoms with Gasteiger partial charge in [-0.25, -0.2) is 22.3 Å². The van der Waals surface area contributed by atoms with Gasteiger partial charge in [0.2, 0.25) is 15.9 Å². The van der Waals surface area contributed by atoms with Crippen LogP contribution < -0.4 is 14.8 Å². The molecule has 1 aliphatic rings. The fourth-order valence-electron chi connectivity index (χ4n) is 2.78. The van der Waals surface area contributed by atoms with Crippen molar-refractivity contribution in [2.75, 3.05) is 32.0 Å². The monoisotopic (exact) mass is 426 g/mol. The highest BCUT2D eigenvalue weighted by molar-refractivity contribution is 7.89. The Kier molecular flexibility index (Phi) is 8.35. The second kappa shape index (κ2) is 10.7. The fourth-order valence-corrected chi connectivity index (χ4v) is 3.92. The smallest absolute Gasteiger partial charge is 0.324 e. The molecule has 1 saturated heterocycles. The number of ether oxygens (including phenoxy) is 1. The van der Waals surface area contributed by atoms with E-state index in [2.05, 4.69) is 10.0 Å². The van der Waals surface area contributed by atoms with Crippen molar-refractivity contribution in [3.63, 3.8) is 0 Å². The van der Waals surface area contributed by atoms with E-state index in [1.165, 1.54) is 23.1 Å². The number of nitrogens with one attached hydrogen (secondary N) is 2. The number of nitrogens with zero attached hydrogens (tertiary/aromatic N) is 2. The van der Waals surface area contributed by atoms with Gasteiger partial charge in [-0.15, -0.1) is 0 Å². The Morgan fingerprint density at radius 3 is 2.76 bits per heavy atom. The lowest BCUT2D eigenvalue weighted by Crippen LogP contribution is -2.29. The fraction of sp³-hybridized carbons (Fsp3) is 0.500. The molecule has 0 atom stereocenters. The maximum Gasteiger partial charge on any atom is 0.324 e. The van der Waals surface area contributed by atoms with Gasteiger partial charge in [-0.05, 0) is 37.0 Å². The van der Waals surface area contributed by atoms with Crippen LogP contribution in [0, 0.1) is 17.1 Å². The van der Waals surface area contributed by atoms with E-state index >= 15 is 0 Å². The van der Waals surface area contributed by atoms with Gasteiger partial charge < -0.3 is 9.64 Å². The van der Waals surface area contributed by atoms with Crippen LogP contribution in [0.2, 0.25) is 0 Å². The maximum absolute atomic E-state index is 13.6. The summed E-state index contributed by atoms with van der Waals surface area (Å²) in [6.45, 7) is 0.338. The quantitative estimate of drug-likeness (QED) is 0.378. The van der Waals surface area contributed by atoms with Gasteiger partial charge in [0.1, 0.15) is 12.6 Å². The Bertz CT molecular complexity index is 885. The molecule has 0 spiro atoms. The zero-order chi connectivity index (χ0) is 21.3. The molecule has 1 heterocycles. The maximum atomic E-state index is 13.6. The molecule has 11 heteroatoms. The van der Waals surface area contributed by atoms with Crippen LogP contribution >= 0.6 is 0 Å². The highest BCUT2D eigenvalue weighted by atomic mass is 32.2. The lowest BCUT2D eigenvalue weighted by Gasteiger charge is -2.12. The summed E-state index contributed by atoms with van der Waals surface area (Å²) < 4.78 is 45.1. The van der Waals surface area contributed by atoms with Crippen LogP contribution in [0.25, 0.3) is 0 Å². The average Bonchev–Trinajstić information content (AvgIpc) is 2.98. The minimum absolute atomic E-state index is 0.0414. The highest BCUT2D eigenvalue weighted by Crippen LogP contribution is 2.19. The van der Waals surface area contributed by atoms with Gasteiger partial charge in [0, 0.05) is 13.1 Å². The van der Waals surface area contributed by atoms with Crippen LogP contribution in [0.1, 0.15) is 24.8 Å². The number of urea groups is 1. The molecule has 0 unspecified atom stereocenters. The van der Waals surface area contributed by atoms with Crippen LogP contribution in [0.3, 0.4) is 0 Å². The van der Waals surface area contributed by atoms with Crippen LogP contribution in [-0.2, 0) is 21.2 Å². The standard InChI is InChI=1S/C18H23FN4O5S/c19-15-5-4-14(12-16(15)28-10-7-20)6-8-21-29(26,27)11-3-1-2-9-23-13-17(24)22-18(23)25/h4-5,12,21H,1-3,6,8-11,13H2,(H,22,24,25). The lowest BCUT2D eigenvalue weighted by atomic mass is 10.1. The predicted molar refractivity (Wildman–Crippen MR) is 102 cm³/mol. The molecule has 9 nitrogen and oxygen atoms in total. The first-order valence-corrected chi connectivity index (χ1v) is 10.8. The molecule has 1 fully saturated rings. The molecule has 0 bridgehead atoms. The number of rotatable bonds is 12. The van der Waals surface area contributed by atoms with Gasteiger partial charge in [-0.1, -0.05) is 12.5 Å². The number of hydrogen-bond acceptors (Lipinski definition) is 6. The van der Waals surface area contributed by atoms with Crippen molar-refractivity contribution < 1.29 is 27.1 Å². The summed E-state index contributed by atoms with van der Waals surface area (Å²) in [5.41, 5.74) is 0.681. The zero-order valence-corrected chi connectivity index (χ0v) is 16.6. The van der Waals surface area contributed by atoms with Crippen molar-refractivity contribution in [2.45, 2.75) is 25.7 Å². The van der Waals surface area contributed by atoms with Crippen molar-refractivity contribution in [1.82, 2.24) is 14.9 Å². The first kappa shape index (κ1) is 22.6. The lowest BCUT2D eigenvalue weighted by molar-refractivity contribution is -0.118. The molecular weight excluding hydrogens is 403 g/mol. The third-order valence-corrected chi connectivity index (χ3v) is 5.70. The largest absolute Gasteiger partial charge is 0.476 e. The molecule has 2 N–H and O–H groups in total. The molecule has 0 radical (unpaired) electrons. The molecule has 0 aromatic heterocycles. The summed E-state index contributed by atoms with van der Waals surface area (Å²) >= 11 is 0. The average molecular weight is 426 g/mol. The Balaban J connectivity index is 1.66. The van der Waals surface area contributed by atoms with E-state index in [-0.39, 0.29) is 37.1 Å². The number of carbonyl (C=O) groups is 2. The van der Waals surface area contributed by atoms with Gasteiger partial charge in [-0.2, -0.15) is 5.26 Å². The molecular formula is C18H23FN4O5S. The third-order valence-electron chi connectivity index (χ3n) is 4.23. The van der Waals surface area contributed by atoms with E-state index in [4.69, 9.17) is 10.00 Å². The van der Waals surface area contributed by atoms with Gasteiger partial charge in [0.05, 0.1) is 5.75 Å². The first-order chi connectivity index (χ1) is 13.8. The van der Waals surface area contributed by atoms with Crippen molar-refractivity contribution in [3.05, 3.63) is 29.6 Å². The normalized spacial score (nSPS) is 14.0. The SMILES string of the molecule is N#CCOc1cc(CCNS(=O)(=O)CCCCCN2CC(=O)NC2=O)ccc1F. The van der Waals surface area contributed by atoms with Gasteiger partial charge >= 0.3 is 6.03 Å². The molecule has 29 heavy (non-hydrogen) atoms. The van der Waals surface area contributed by atoms with Gasteiger partial charge in [0.15, 0.2) is 18.2 Å². The number of unbranched alkanes of at least 4 members (excludes halogenated alkanes) is 2. The number of nitriles is 1. The number of sulfonamides is 1. The van der Waals surface area contributed by atoms with Crippen LogP contribution in [-0.4, -0.2) is 57.3 Å². The Morgan fingerprint density at radius 2 is 2.07 bits per heavy atom. The molecule has 1 aromatic rings. The number of benzene rings is 1.